The van der Waals surface area contributed by atoms with Gasteiger partial charge in [-0.2, -0.15) is 0 Å². The third kappa shape index (κ3) is 5.87. The van der Waals surface area contributed by atoms with Gasteiger partial charge in [-0.15, -0.1) is 0 Å². The number of thioether (sulfide) groups is 1. The van der Waals surface area contributed by atoms with E-state index in [1.54, 1.807) is 29.7 Å². The van der Waals surface area contributed by atoms with Crippen LogP contribution in [-0.4, -0.2) is 33.9 Å². The number of carbonyl (C=O) groups excluding carboxylic acids is 1. The van der Waals surface area contributed by atoms with Crippen LogP contribution in [0.5, 0.6) is 0 Å². The highest BCUT2D eigenvalue weighted by Gasteiger charge is 2.20. The minimum Gasteiger partial charge on any atom is -0.382 e. The second-order valence-corrected chi connectivity index (χ2v) is 8.87. The van der Waals surface area contributed by atoms with Crippen LogP contribution in [0.1, 0.15) is 25.8 Å². The molecule has 0 spiro atoms. The zero-order valence-corrected chi connectivity index (χ0v) is 19.4. The summed E-state index contributed by atoms with van der Waals surface area (Å²) in [6.07, 6.45) is 0.684. The number of hydrogen-bond acceptors (Lipinski definition) is 5. The number of para-hydroxylation sites is 1. The smallest absolute Gasteiger partial charge is 0.262 e. The summed E-state index contributed by atoms with van der Waals surface area (Å²) in [7, 11) is 0. The second-order valence-electron chi connectivity index (χ2n) is 7.13. The predicted molar refractivity (Wildman–Crippen MR) is 127 cm³/mol. The Morgan fingerprint density at radius 3 is 2.84 bits per heavy atom. The molecule has 0 aliphatic carbocycles. The number of carbonyl (C=O) groups is 1. The summed E-state index contributed by atoms with van der Waals surface area (Å²) in [5.41, 5.74) is 2.11. The van der Waals surface area contributed by atoms with E-state index in [0.717, 1.165) is 5.56 Å². The van der Waals surface area contributed by atoms with Gasteiger partial charge in [-0.25, -0.2) is 4.98 Å². The Labute approximate surface area is 191 Å². The third-order valence-corrected chi connectivity index (χ3v) is 6.14. The molecule has 164 valence electrons. The Hall–Kier alpha value is -2.35. The average molecular weight is 460 g/mol. The number of aryl methyl sites for hydroxylation is 1. The van der Waals surface area contributed by atoms with Crippen molar-refractivity contribution in [3.8, 4) is 0 Å². The molecule has 1 N–H and O–H groups in total. The summed E-state index contributed by atoms with van der Waals surface area (Å²) in [6, 6.07) is 12.6. The molecule has 1 aromatic heterocycles. The standard InChI is InChI=1S/C23H26ClN3O3S/c1-4-30-13-7-12-27-22(29)18-8-5-6-9-19(18)26-23(27)31-16(3)21(28)25-20-14-17(24)11-10-15(20)2/h5-6,8-11,14,16H,4,7,12-13H2,1-3H3,(H,25,28). The molecule has 1 atom stereocenters. The molecule has 31 heavy (non-hydrogen) atoms. The highest BCUT2D eigenvalue weighted by atomic mass is 35.5. The fourth-order valence-electron chi connectivity index (χ4n) is 3.08. The number of nitrogens with one attached hydrogen (secondary N) is 1. The molecule has 0 saturated carbocycles. The van der Waals surface area contributed by atoms with Crippen LogP contribution in [0.15, 0.2) is 52.4 Å². The molecule has 0 aliphatic heterocycles. The Kier molecular flexibility index (Phi) is 8.12. The van der Waals surface area contributed by atoms with Crippen LogP contribution in [0.2, 0.25) is 5.02 Å². The Morgan fingerprint density at radius 2 is 2.06 bits per heavy atom. The molecular formula is C23H26ClN3O3S. The van der Waals surface area contributed by atoms with Crippen LogP contribution in [0.25, 0.3) is 10.9 Å². The van der Waals surface area contributed by atoms with E-state index in [-0.39, 0.29) is 11.5 Å². The lowest BCUT2D eigenvalue weighted by molar-refractivity contribution is -0.115. The Morgan fingerprint density at radius 1 is 1.29 bits per heavy atom. The number of ether oxygens (including phenoxy) is 1. The van der Waals surface area contributed by atoms with Gasteiger partial charge in [0.15, 0.2) is 5.16 Å². The van der Waals surface area contributed by atoms with E-state index in [9.17, 15) is 9.59 Å². The van der Waals surface area contributed by atoms with Crippen LogP contribution in [0.3, 0.4) is 0 Å². The molecule has 0 fully saturated rings. The van der Waals surface area contributed by atoms with Gasteiger partial charge in [-0.1, -0.05) is 41.6 Å². The predicted octanol–water partition coefficient (Wildman–Crippen LogP) is 4.90. The lowest BCUT2D eigenvalue weighted by Crippen LogP contribution is -2.27. The van der Waals surface area contributed by atoms with E-state index in [0.29, 0.717) is 52.9 Å². The zero-order chi connectivity index (χ0) is 22.4. The van der Waals surface area contributed by atoms with Crippen LogP contribution in [0.4, 0.5) is 5.69 Å². The Bertz CT molecular complexity index is 1130. The summed E-state index contributed by atoms with van der Waals surface area (Å²) >= 11 is 7.33. The van der Waals surface area contributed by atoms with Crippen LogP contribution >= 0.6 is 23.4 Å². The molecule has 2 aromatic carbocycles. The van der Waals surface area contributed by atoms with Gasteiger partial charge >= 0.3 is 0 Å². The Balaban J connectivity index is 1.85. The van der Waals surface area contributed by atoms with E-state index in [4.69, 9.17) is 16.3 Å². The summed E-state index contributed by atoms with van der Waals surface area (Å²) in [4.78, 5) is 30.6. The summed E-state index contributed by atoms with van der Waals surface area (Å²) in [6.45, 7) is 7.31. The number of rotatable bonds is 9. The van der Waals surface area contributed by atoms with E-state index < -0.39 is 5.25 Å². The van der Waals surface area contributed by atoms with E-state index in [1.807, 2.05) is 38.1 Å². The van der Waals surface area contributed by atoms with Crippen molar-refractivity contribution < 1.29 is 9.53 Å². The normalized spacial score (nSPS) is 12.1. The number of benzene rings is 2. The van der Waals surface area contributed by atoms with Crippen molar-refractivity contribution in [1.29, 1.82) is 0 Å². The number of amides is 1. The van der Waals surface area contributed by atoms with Crippen molar-refractivity contribution in [2.75, 3.05) is 18.5 Å². The van der Waals surface area contributed by atoms with Crippen molar-refractivity contribution in [2.24, 2.45) is 0 Å². The summed E-state index contributed by atoms with van der Waals surface area (Å²) in [5, 5.41) is 4.09. The molecule has 8 heteroatoms. The van der Waals surface area contributed by atoms with Crippen molar-refractivity contribution in [3.05, 3.63) is 63.4 Å². The number of fused-ring (bicyclic) bond motifs is 1. The molecule has 0 radical (unpaired) electrons. The monoisotopic (exact) mass is 459 g/mol. The highest BCUT2D eigenvalue weighted by molar-refractivity contribution is 8.00. The third-order valence-electron chi connectivity index (χ3n) is 4.81. The average Bonchev–Trinajstić information content (AvgIpc) is 2.75. The zero-order valence-electron chi connectivity index (χ0n) is 17.9. The second kappa shape index (κ2) is 10.8. The maximum Gasteiger partial charge on any atom is 0.262 e. The SMILES string of the molecule is CCOCCCn1c(SC(C)C(=O)Nc2cc(Cl)ccc2C)nc2ccccc2c1=O. The van der Waals surface area contributed by atoms with Gasteiger partial charge in [-0.3, -0.25) is 14.2 Å². The first kappa shape index (κ1) is 23.3. The van der Waals surface area contributed by atoms with E-state index >= 15 is 0 Å². The molecular weight excluding hydrogens is 434 g/mol. The number of halogens is 1. The first-order chi connectivity index (χ1) is 14.9. The summed E-state index contributed by atoms with van der Waals surface area (Å²) in [5.74, 6) is -0.182. The maximum absolute atomic E-state index is 13.1. The molecule has 1 unspecified atom stereocenters. The van der Waals surface area contributed by atoms with Crippen LogP contribution in [-0.2, 0) is 16.1 Å². The van der Waals surface area contributed by atoms with Gasteiger partial charge in [0.25, 0.3) is 5.56 Å². The van der Waals surface area contributed by atoms with Crippen LogP contribution < -0.4 is 10.9 Å². The van der Waals surface area contributed by atoms with Crippen molar-refractivity contribution in [1.82, 2.24) is 9.55 Å². The summed E-state index contributed by atoms with van der Waals surface area (Å²) < 4.78 is 7.05. The van der Waals surface area contributed by atoms with Gasteiger partial charge in [0, 0.05) is 30.5 Å². The fraction of sp³-hybridized carbons (Fsp3) is 0.348. The van der Waals surface area contributed by atoms with Crippen molar-refractivity contribution >= 4 is 45.9 Å². The lowest BCUT2D eigenvalue weighted by Gasteiger charge is -2.17. The number of nitrogens with zero attached hydrogens (tertiary/aromatic N) is 2. The van der Waals surface area contributed by atoms with Crippen molar-refractivity contribution in [2.45, 2.75) is 44.1 Å². The van der Waals surface area contributed by atoms with E-state index in [2.05, 4.69) is 10.3 Å². The van der Waals surface area contributed by atoms with Gasteiger partial charge in [0.1, 0.15) is 0 Å². The van der Waals surface area contributed by atoms with Gasteiger partial charge in [-0.05, 0) is 57.0 Å². The van der Waals surface area contributed by atoms with Crippen molar-refractivity contribution in [3.63, 3.8) is 0 Å². The molecule has 0 aliphatic rings. The molecule has 0 bridgehead atoms. The topological polar surface area (TPSA) is 73.2 Å². The first-order valence-corrected chi connectivity index (χ1v) is 11.5. The quantitative estimate of drug-likeness (QED) is 0.280. The van der Waals surface area contributed by atoms with E-state index in [1.165, 1.54) is 11.8 Å². The first-order valence-electron chi connectivity index (χ1n) is 10.2. The van der Waals surface area contributed by atoms with Gasteiger partial charge in [0.05, 0.1) is 16.2 Å². The molecule has 1 heterocycles. The lowest BCUT2D eigenvalue weighted by atomic mass is 10.2. The maximum atomic E-state index is 13.1. The molecule has 3 rings (SSSR count). The molecule has 6 nitrogen and oxygen atoms in total. The minimum absolute atomic E-state index is 0.108. The minimum atomic E-state index is -0.468. The van der Waals surface area contributed by atoms with Gasteiger partial charge in [0.2, 0.25) is 5.91 Å². The number of hydrogen-bond donors (Lipinski definition) is 1. The van der Waals surface area contributed by atoms with Gasteiger partial charge < -0.3 is 10.1 Å². The number of aromatic nitrogens is 2. The number of anilines is 1. The molecule has 1 amide bonds. The largest absolute Gasteiger partial charge is 0.382 e. The molecule has 0 saturated heterocycles. The fourth-order valence-corrected chi connectivity index (χ4v) is 4.19. The van der Waals surface area contributed by atoms with Crippen LogP contribution in [0, 0.1) is 6.92 Å². The highest BCUT2D eigenvalue weighted by Crippen LogP contribution is 2.25. The molecule has 3 aromatic rings.